The first kappa shape index (κ1) is 15.6. The van der Waals surface area contributed by atoms with Crippen molar-refractivity contribution in [1.29, 1.82) is 0 Å². The molecule has 1 amide bonds. The molecule has 1 aromatic carbocycles. The predicted octanol–water partition coefficient (Wildman–Crippen LogP) is 1.05. The van der Waals surface area contributed by atoms with Gasteiger partial charge in [-0.2, -0.15) is 0 Å². The lowest BCUT2D eigenvalue weighted by molar-refractivity contribution is -0.250. The van der Waals surface area contributed by atoms with Gasteiger partial charge in [0.2, 0.25) is 0 Å². The average molecular weight is 291 g/mol. The minimum absolute atomic E-state index is 0.419. The Balaban J connectivity index is 0.000000232. The zero-order chi connectivity index (χ0) is 15.4. The van der Waals surface area contributed by atoms with Gasteiger partial charge in [0.1, 0.15) is 11.8 Å². The third kappa shape index (κ3) is 3.29. The number of benzene rings is 1. The Hall–Kier alpha value is -1.75. The van der Waals surface area contributed by atoms with Gasteiger partial charge in [-0.05, 0) is 48.6 Å². The van der Waals surface area contributed by atoms with Gasteiger partial charge < -0.3 is 25.3 Å². The number of carbonyl (C=O) groups is 1. The van der Waals surface area contributed by atoms with Crippen molar-refractivity contribution in [3.05, 3.63) is 29.3 Å². The number of ether oxygens (including phenoxy) is 1. The van der Waals surface area contributed by atoms with Gasteiger partial charge in [-0.1, -0.05) is 13.0 Å². The summed E-state index contributed by atoms with van der Waals surface area (Å²) in [6.45, 7) is 6.76. The second-order valence-corrected chi connectivity index (χ2v) is 5.53. The van der Waals surface area contributed by atoms with Crippen LogP contribution in [0.4, 0.5) is 4.79 Å². The summed E-state index contributed by atoms with van der Waals surface area (Å²) < 4.78 is 5.30. The van der Waals surface area contributed by atoms with Gasteiger partial charge >= 0.3 is 0 Å². The SMILES string of the molecule is CCNC(=O)[O-].COc1ccc2c(c1)C1CNCC1C2C. The van der Waals surface area contributed by atoms with Crippen LogP contribution in [0.2, 0.25) is 0 Å². The first-order valence-corrected chi connectivity index (χ1v) is 7.41. The molecular weight excluding hydrogens is 268 g/mol. The summed E-state index contributed by atoms with van der Waals surface area (Å²) in [5.41, 5.74) is 3.05. The van der Waals surface area contributed by atoms with Gasteiger partial charge in [0.15, 0.2) is 0 Å². The number of carbonyl (C=O) groups excluding carboxylic acids is 1. The molecule has 3 unspecified atom stereocenters. The van der Waals surface area contributed by atoms with E-state index in [2.05, 4.69) is 30.4 Å². The molecule has 1 aliphatic carbocycles. The normalized spacial score (nSPS) is 25.4. The highest BCUT2D eigenvalue weighted by Crippen LogP contribution is 2.48. The zero-order valence-electron chi connectivity index (χ0n) is 12.8. The Morgan fingerprint density at radius 2 is 2.19 bits per heavy atom. The Labute approximate surface area is 125 Å². The van der Waals surface area contributed by atoms with Crippen LogP contribution in [-0.4, -0.2) is 32.8 Å². The topological polar surface area (TPSA) is 73.4 Å². The molecule has 1 aliphatic heterocycles. The van der Waals surface area contributed by atoms with E-state index in [0.29, 0.717) is 18.4 Å². The van der Waals surface area contributed by atoms with Gasteiger partial charge in [-0.3, -0.25) is 0 Å². The molecule has 0 saturated carbocycles. The third-order valence-corrected chi connectivity index (χ3v) is 4.41. The smallest absolute Gasteiger partial charge is 0.134 e. The Bertz CT molecular complexity index is 504. The molecular formula is C16H23N2O3-. The second kappa shape index (κ2) is 6.80. The summed E-state index contributed by atoms with van der Waals surface area (Å²) in [6, 6.07) is 6.56. The van der Waals surface area contributed by atoms with Crippen LogP contribution in [-0.2, 0) is 0 Å². The maximum absolute atomic E-state index is 9.38. The van der Waals surface area contributed by atoms with Gasteiger partial charge in [-0.15, -0.1) is 0 Å². The fourth-order valence-electron chi connectivity index (χ4n) is 3.36. The summed E-state index contributed by atoms with van der Waals surface area (Å²) in [6.07, 6.45) is -1.21. The van der Waals surface area contributed by atoms with Crippen molar-refractivity contribution in [3.8, 4) is 5.75 Å². The molecule has 5 nitrogen and oxygen atoms in total. The molecule has 5 heteroatoms. The van der Waals surface area contributed by atoms with Crippen LogP contribution in [0.5, 0.6) is 5.75 Å². The highest BCUT2D eigenvalue weighted by atomic mass is 16.5. The lowest BCUT2D eigenvalue weighted by atomic mass is 9.91. The van der Waals surface area contributed by atoms with E-state index in [0.717, 1.165) is 18.2 Å². The number of carboxylic acid groups (broad SMARTS) is 1. The molecule has 1 heterocycles. The fourth-order valence-corrected chi connectivity index (χ4v) is 3.36. The first-order chi connectivity index (χ1) is 10.1. The molecule has 0 bridgehead atoms. The van der Waals surface area contributed by atoms with Crippen LogP contribution in [0.3, 0.4) is 0 Å². The fraction of sp³-hybridized carbons (Fsp3) is 0.562. The molecule has 0 spiro atoms. The quantitative estimate of drug-likeness (QED) is 0.854. The van der Waals surface area contributed by atoms with Gasteiger partial charge in [0, 0.05) is 19.0 Å². The summed E-state index contributed by atoms with van der Waals surface area (Å²) in [5.74, 6) is 3.21. The van der Waals surface area contributed by atoms with Gasteiger partial charge in [0.25, 0.3) is 0 Å². The van der Waals surface area contributed by atoms with E-state index in [1.807, 2.05) is 5.32 Å². The van der Waals surface area contributed by atoms with E-state index in [-0.39, 0.29) is 0 Å². The molecule has 1 aromatic rings. The Morgan fingerprint density at radius 3 is 2.76 bits per heavy atom. The van der Waals surface area contributed by atoms with Gasteiger partial charge in [-0.25, -0.2) is 0 Å². The third-order valence-electron chi connectivity index (χ3n) is 4.41. The minimum atomic E-state index is -1.21. The number of nitrogens with one attached hydrogen (secondary N) is 2. The Kier molecular flexibility index (Phi) is 5.07. The molecule has 1 saturated heterocycles. The molecule has 116 valence electrons. The van der Waals surface area contributed by atoms with Crippen molar-refractivity contribution >= 4 is 6.09 Å². The highest BCUT2D eigenvalue weighted by molar-refractivity contribution is 5.61. The van der Waals surface area contributed by atoms with Crippen molar-refractivity contribution in [2.75, 3.05) is 26.7 Å². The molecule has 2 aliphatic rings. The summed E-state index contributed by atoms with van der Waals surface area (Å²) in [4.78, 5) is 9.38. The number of fused-ring (bicyclic) bond motifs is 3. The first-order valence-electron chi connectivity index (χ1n) is 7.41. The molecule has 3 rings (SSSR count). The van der Waals surface area contributed by atoms with E-state index in [4.69, 9.17) is 4.74 Å². The minimum Gasteiger partial charge on any atom is -0.530 e. The lowest BCUT2D eigenvalue weighted by Crippen LogP contribution is -2.35. The van der Waals surface area contributed by atoms with Crippen LogP contribution in [0.1, 0.15) is 36.8 Å². The summed E-state index contributed by atoms with van der Waals surface area (Å²) in [5, 5.41) is 14.9. The van der Waals surface area contributed by atoms with E-state index in [9.17, 15) is 9.90 Å². The maximum Gasteiger partial charge on any atom is 0.134 e. The van der Waals surface area contributed by atoms with Crippen molar-refractivity contribution in [2.24, 2.45) is 5.92 Å². The number of hydrogen-bond donors (Lipinski definition) is 2. The Morgan fingerprint density at radius 1 is 1.43 bits per heavy atom. The van der Waals surface area contributed by atoms with E-state index in [1.54, 1.807) is 14.0 Å². The molecule has 3 atom stereocenters. The average Bonchev–Trinajstić information content (AvgIpc) is 3.03. The maximum atomic E-state index is 9.38. The molecule has 0 radical (unpaired) electrons. The monoisotopic (exact) mass is 291 g/mol. The number of hydrogen-bond acceptors (Lipinski definition) is 4. The standard InChI is InChI=1S/C13H17NO.C3H7NO2/c1-8-10-4-3-9(15-2)5-11(10)13-7-14-6-12(8)13;1-2-4-3(5)6/h3-5,8,12-14H,6-7H2,1-2H3;4H,2H2,1H3,(H,5,6)/p-1. The second-order valence-electron chi connectivity index (χ2n) is 5.53. The van der Waals surface area contributed by atoms with Crippen LogP contribution < -0.4 is 20.5 Å². The van der Waals surface area contributed by atoms with E-state index in [1.165, 1.54) is 17.7 Å². The van der Waals surface area contributed by atoms with Crippen molar-refractivity contribution in [1.82, 2.24) is 10.6 Å². The molecule has 1 fully saturated rings. The summed E-state index contributed by atoms with van der Waals surface area (Å²) in [7, 11) is 1.74. The van der Waals surface area contributed by atoms with Crippen molar-refractivity contribution in [3.63, 3.8) is 0 Å². The zero-order valence-corrected chi connectivity index (χ0v) is 12.8. The van der Waals surface area contributed by atoms with E-state index < -0.39 is 6.09 Å². The van der Waals surface area contributed by atoms with Crippen molar-refractivity contribution in [2.45, 2.75) is 25.7 Å². The van der Waals surface area contributed by atoms with Crippen LogP contribution in [0.25, 0.3) is 0 Å². The molecule has 2 N–H and O–H groups in total. The lowest BCUT2D eigenvalue weighted by Gasteiger charge is -2.12. The number of rotatable bonds is 2. The van der Waals surface area contributed by atoms with Crippen LogP contribution in [0.15, 0.2) is 18.2 Å². The number of methoxy groups -OCH3 is 1. The van der Waals surface area contributed by atoms with Crippen LogP contribution >= 0.6 is 0 Å². The highest BCUT2D eigenvalue weighted by Gasteiger charge is 2.40. The van der Waals surface area contributed by atoms with Gasteiger partial charge in [0.05, 0.1) is 7.11 Å². The molecule has 21 heavy (non-hydrogen) atoms. The summed E-state index contributed by atoms with van der Waals surface area (Å²) >= 11 is 0. The predicted molar refractivity (Wildman–Crippen MR) is 79.6 cm³/mol. The van der Waals surface area contributed by atoms with Crippen molar-refractivity contribution < 1.29 is 14.6 Å². The largest absolute Gasteiger partial charge is 0.530 e. The molecule has 0 aromatic heterocycles. The number of amides is 1. The van der Waals surface area contributed by atoms with Crippen LogP contribution in [0, 0.1) is 5.92 Å². The van der Waals surface area contributed by atoms with E-state index >= 15 is 0 Å².